The molecule has 0 amide bonds. The maximum absolute atomic E-state index is 2.85. The maximum atomic E-state index is 2.85. The van der Waals surface area contributed by atoms with Gasteiger partial charge >= 0.3 is 5.66 Å². The number of thiophene rings is 1. The Hall–Kier alpha value is -3.50. The Morgan fingerprint density at radius 3 is 2.20 bits per heavy atom. The van der Waals surface area contributed by atoms with Crippen LogP contribution in [0, 0.1) is 12.8 Å². The standard InChI is InChI=1S/C42H47N3S/c1-23(2)38-43(24(3)4)42(44(38)25(5)6)40(10)30-19-18-29-35(37-36(39(29,8)9)28-14-12-13-15-33(28)46-37)34(30)32-21-17-27-22-26(7)16-20-31(27)45(32)41(40,42)11/h12-25H,1-11H3/q+2. The van der Waals surface area contributed by atoms with Crippen molar-refractivity contribution >= 4 is 38.2 Å². The van der Waals surface area contributed by atoms with Gasteiger partial charge in [-0.1, -0.05) is 69.7 Å². The van der Waals surface area contributed by atoms with Gasteiger partial charge in [-0.25, -0.2) is 9.48 Å². The molecular formula is C42H47N3S+2. The molecule has 2 aromatic heterocycles. The molecule has 1 saturated carbocycles. The summed E-state index contributed by atoms with van der Waals surface area (Å²) in [6.45, 7) is 26.7. The summed E-state index contributed by atoms with van der Waals surface area (Å²) >= 11 is 2.00. The fourth-order valence-electron chi connectivity index (χ4n) is 11.1. The average Bonchev–Trinajstić information content (AvgIpc) is 3.19. The Morgan fingerprint density at radius 2 is 1.50 bits per heavy atom. The first-order valence-electron chi connectivity index (χ1n) is 17.4. The van der Waals surface area contributed by atoms with E-state index in [4.69, 9.17) is 0 Å². The molecule has 234 valence electrons. The van der Waals surface area contributed by atoms with Crippen LogP contribution in [0.25, 0.3) is 42.7 Å². The first kappa shape index (κ1) is 28.7. The van der Waals surface area contributed by atoms with Crippen molar-refractivity contribution in [3.63, 3.8) is 0 Å². The number of amidine groups is 1. The predicted octanol–water partition coefficient (Wildman–Crippen LogP) is 9.52. The van der Waals surface area contributed by atoms with E-state index in [9.17, 15) is 0 Å². The zero-order chi connectivity index (χ0) is 32.5. The molecule has 0 saturated heterocycles. The van der Waals surface area contributed by atoms with E-state index in [2.05, 4.69) is 157 Å². The van der Waals surface area contributed by atoms with E-state index in [1.165, 1.54) is 70.8 Å². The van der Waals surface area contributed by atoms with Crippen LogP contribution in [-0.4, -0.2) is 33.1 Å². The molecular weight excluding hydrogens is 579 g/mol. The molecule has 3 atom stereocenters. The minimum atomic E-state index is -0.185. The van der Waals surface area contributed by atoms with Gasteiger partial charge in [0.2, 0.25) is 11.2 Å². The Balaban J connectivity index is 1.48. The Bertz CT molecular complexity index is 2230. The molecule has 4 heteroatoms. The lowest BCUT2D eigenvalue weighted by Crippen LogP contribution is -2.75. The number of nitrogens with zero attached hydrogens (tertiary/aromatic N) is 3. The topological polar surface area (TPSA) is 10.1 Å². The van der Waals surface area contributed by atoms with Gasteiger partial charge in [0.15, 0.2) is 5.41 Å². The summed E-state index contributed by atoms with van der Waals surface area (Å²) in [7, 11) is 0. The van der Waals surface area contributed by atoms with E-state index in [0.717, 1.165) is 0 Å². The second-order valence-electron chi connectivity index (χ2n) is 16.3. The summed E-state index contributed by atoms with van der Waals surface area (Å²) in [5.74, 6) is 1.95. The fraction of sp³-hybridized carbons (Fsp3) is 0.429. The van der Waals surface area contributed by atoms with Crippen LogP contribution in [0.4, 0.5) is 0 Å². The van der Waals surface area contributed by atoms with Crippen molar-refractivity contribution in [3.05, 3.63) is 89.0 Å². The first-order valence-corrected chi connectivity index (χ1v) is 18.2. The van der Waals surface area contributed by atoms with Crippen molar-refractivity contribution in [1.29, 1.82) is 0 Å². The van der Waals surface area contributed by atoms with Gasteiger partial charge in [0.25, 0.3) is 11.4 Å². The molecule has 1 fully saturated rings. The van der Waals surface area contributed by atoms with Gasteiger partial charge in [0, 0.05) is 45.0 Å². The molecule has 46 heavy (non-hydrogen) atoms. The SMILES string of the molecule is Cc1ccc2c(ccc3[n+]2C2(C)C(C)(c4ccc5c(c4-3)-c3sc4ccccc4c3C5(C)C)C23N(C(C)C)C(C(C)C)=[N+]3C(C)C)c1. The third-order valence-corrected chi connectivity index (χ3v) is 13.9. The van der Waals surface area contributed by atoms with Gasteiger partial charge in [-0.05, 0) is 81.8 Å². The zero-order valence-corrected chi connectivity index (χ0v) is 30.1. The lowest BCUT2D eigenvalue weighted by Gasteiger charge is -2.46. The van der Waals surface area contributed by atoms with Gasteiger partial charge < -0.3 is 0 Å². The van der Waals surface area contributed by atoms with Gasteiger partial charge in [0.1, 0.15) is 0 Å². The summed E-state index contributed by atoms with van der Waals surface area (Å²) in [5.41, 5.74) is 10.9. The minimum absolute atomic E-state index is 0.0655. The van der Waals surface area contributed by atoms with Gasteiger partial charge in [-0.15, -0.1) is 11.3 Å². The van der Waals surface area contributed by atoms with Crippen LogP contribution < -0.4 is 4.57 Å². The molecule has 1 spiro atoms. The molecule has 4 heterocycles. The first-order chi connectivity index (χ1) is 21.8. The van der Waals surface area contributed by atoms with E-state index in [0.29, 0.717) is 18.0 Å². The lowest BCUT2D eigenvalue weighted by molar-refractivity contribution is -0.769. The number of hydrogen-bond acceptors (Lipinski definition) is 2. The van der Waals surface area contributed by atoms with Gasteiger partial charge in [-0.3, -0.25) is 0 Å². The van der Waals surface area contributed by atoms with Crippen LogP contribution in [0.1, 0.15) is 91.5 Å². The van der Waals surface area contributed by atoms with Crippen LogP contribution in [0.5, 0.6) is 0 Å². The molecule has 0 radical (unpaired) electrons. The number of rotatable bonds is 3. The number of aromatic nitrogens is 1. The normalized spacial score (nSPS) is 26.6. The van der Waals surface area contributed by atoms with Crippen LogP contribution in [0.2, 0.25) is 0 Å². The Labute approximate surface area is 278 Å². The number of fused-ring (bicyclic) bond motifs is 16. The van der Waals surface area contributed by atoms with Crippen molar-refractivity contribution < 1.29 is 9.14 Å². The second kappa shape index (κ2) is 8.50. The van der Waals surface area contributed by atoms with Crippen molar-refractivity contribution in [2.45, 2.75) is 110 Å². The number of aryl methyl sites for hydroxylation is 1. The van der Waals surface area contributed by atoms with Crippen molar-refractivity contribution in [3.8, 4) is 21.7 Å². The van der Waals surface area contributed by atoms with Crippen molar-refractivity contribution in [1.82, 2.24) is 4.90 Å². The molecule has 3 nitrogen and oxygen atoms in total. The molecule has 3 aromatic carbocycles. The monoisotopic (exact) mass is 625 g/mol. The lowest BCUT2D eigenvalue weighted by atomic mass is 9.76. The van der Waals surface area contributed by atoms with Crippen LogP contribution in [-0.2, 0) is 16.4 Å². The predicted molar refractivity (Wildman–Crippen MR) is 193 cm³/mol. The van der Waals surface area contributed by atoms with Crippen LogP contribution >= 0.6 is 11.3 Å². The Kier molecular flexibility index (Phi) is 5.30. The third kappa shape index (κ3) is 2.75. The maximum Gasteiger partial charge on any atom is 0.327 e. The van der Waals surface area contributed by atoms with Gasteiger partial charge in [0.05, 0.1) is 23.6 Å². The molecule has 2 aliphatic heterocycles. The number of pyridine rings is 1. The Morgan fingerprint density at radius 1 is 0.783 bits per heavy atom. The highest BCUT2D eigenvalue weighted by molar-refractivity contribution is 7.22. The molecule has 4 aliphatic rings. The minimum Gasteiger partial charge on any atom is -0.214 e. The van der Waals surface area contributed by atoms with E-state index >= 15 is 0 Å². The van der Waals surface area contributed by atoms with E-state index in [1.807, 2.05) is 11.3 Å². The summed E-state index contributed by atoms with van der Waals surface area (Å²) in [4.78, 5) is 4.32. The van der Waals surface area contributed by atoms with E-state index < -0.39 is 0 Å². The molecule has 0 bridgehead atoms. The number of hydrogen-bond donors (Lipinski definition) is 0. The summed E-state index contributed by atoms with van der Waals surface area (Å²) in [6.07, 6.45) is 0. The molecule has 2 aliphatic carbocycles. The smallest absolute Gasteiger partial charge is 0.214 e. The molecule has 3 unspecified atom stereocenters. The average molecular weight is 626 g/mol. The van der Waals surface area contributed by atoms with Crippen LogP contribution in [0.3, 0.4) is 0 Å². The van der Waals surface area contributed by atoms with Crippen molar-refractivity contribution in [2.75, 3.05) is 0 Å². The largest absolute Gasteiger partial charge is 0.327 e. The highest BCUT2D eigenvalue weighted by Gasteiger charge is 3.06. The molecule has 0 N–H and O–H groups in total. The summed E-state index contributed by atoms with van der Waals surface area (Å²) in [6, 6.07) is 26.8. The van der Waals surface area contributed by atoms with Gasteiger partial charge in [-0.2, -0.15) is 4.57 Å². The zero-order valence-electron chi connectivity index (χ0n) is 29.3. The van der Waals surface area contributed by atoms with Crippen molar-refractivity contribution in [2.24, 2.45) is 5.92 Å². The second-order valence-corrected chi connectivity index (χ2v) is 17.3. The molecule has 5 aromatic rings. The number of benzene rings is 3. The highest BCUT2D eigenvalue weighted by atomic mass is 32.1. The summed E-state index contributed by atoms with van der Waals surface area (Å²) < 4.78 is 7.05. The van der Waals surface area contributed by atoms with Crippen LogP contribution in [0.15, 0.2) is 66.7 Å². The third-order valence-electron chi connectivity index (χ3n) is 12.7. The highest BCUT2D eigenvalue weighted by Crippen LogP contribution is 2.78. The fourth-order valence-corrected chi connectivity index (χ4v) is 12.5. The van der Waals surface area contributed by atoms with E-state index in [-0.39, 0.29) is 22.0 Å². The molecule has 9 rings (SSSR count). The van der Waals surface area contributed by atoms with E-state index in [1.54, 1.807) is 0 Å². The summed E-state index contributed by atoms with van der Waals surface area (Å²) in [5, 5.41) is 2.74. The quantitative estimate of drug-likeness (QED) is 0.182.